The molecule has 1 aromatic carbocycles. The Bertz CT molecular complexity index is 1500. The second-order valence-electron chi connectivity index (χ2n) is 8.00. The highest BCUT2D eigenvalue weighted by molar-refractivity contribution is 5.93. The van der Waals surface area contributed by atoms with E-state index in [1.807, 2.05) is 6.92 Å². The molecule has 5 nitrogen and oxygen atoms in total. The summed E-state index contributed by atoms with van der Waals surface area (Å²) in [6.45, 7) is 1.83. The van der Waals surface area contributed by atoms with Gasteiger partial charge in [-0.15, -0.1) is 0 Å². The molecule has 5 rings (SSSR count). The molecule has 0 radical (unpaired) electrons. The van der Waals surface area contributed by atoms with Crippen LogP contribution in [0, 0.1) is 5.82 Å². The van der Waals surface area contributed by atoms with E-state index < -0.39 is 29.1 Å². The molecule has 0 saturated carbocycles. The first-order chi connectivity index (χ1) is 17.3. The van der Waals surface area contributed by atoms with Crippen molar-refractivity contribution in [2.75, 3.05) is 0 Å². The van der Waals surface area contributed by atoms with Gasteiger partial charge in [-0.3, -0.25) is 0 Å². The van der Waals surface area contributed by atoms with Crippen LogP contribution in [0.2, 0.25) is 0 Å². The first-order valence-corrected chi connectivity index (χ1v) is 11.0. The van der Waals surface area contributed by atoms with Crippen molar-refractivity contribution in [2.45, 2.75) is 25.9 Å². The van der Waals surface area contributed by atoms with E-state index in [4.69, 9.17) is 8.94 Å². The van der Waals surface area contributed by atoms with Crippen LogP contribution < -0.4 is 0 Å². The van der Waals surface area contributed by atoms with Crippen molar-refractivity contribution < 1.29 is 30.9 Å². The summed E-state index contributed by atoms with van der Waals surface area (Å²) in [5, 5.41) is 7.92. The SMILES string of the molecule is CCC1=CC=CCC(F)=C1c1noc(-c2cnn(-c3cccc(F)c3)c2C(F)(F)F)c1-c1ccoc1. The molecule has 0 amide bonds. The summed E-state index contributed by atoms with van der Waals surface area (Å²) in [6.07, 6.45) is 4.26. The summed E-state index contributed by atoms with van der Waals surface area (Å²) in [4.78, 5) is 0. The molecule has 1 aliphatic carbocycles. The predicted molar refractivity (Wildman–Crippen MR) is 122 cm³/mol. The Morgan fingerprint density at radius 3 is 2.67 bits per heavy atom. The summed E-state index contributed by atoms with van der Waals surface area (Å²) in [6, 6.07) is 6.15. The van der Waals surface area contributed by atoms with Gasteiger partial charge in [0.1, 0.15) is 17.3 Å². The first kappa shape index (κ1) is 23.5. The highest BCUT2D eigenvalue weighted by Crippen LogP contribution is 2.46. The fourth-order valence-electron chi connectivity index (χ4n) is 4.20. The van der Waals surface area contributed by atoms with Gasteiger partial charge in [0, 0.05) is 17.6 Å². The zero-order valence-corrected chi connectivity index (χ0v) is 18.8. The molecule has 0 spiro atoms. The predicted octanol–water partition coefficient (Wildman–Crippen LogP) is 7.92. The molecule has 10 heteroatoms. The zero-order valence-electron chi connectivity index (χ0n) is 18.8. The average Bonchev–Trinajstić information content (AvgIpc) is 3.57. The van der Waals surface area contributed by atoms with E-state index in [9.17, 15) is 17.6 Å². The highest BCUT2D eigenvalue weighted by atomic mass is 19.4. The molecule has 0 saturated heterocycles. The molecule has 0 aliphatic heterocycles. The molecule has 4 aromatic rings. The van der Waals surface area contributed by atoms with E-state index >= 15 is 4.39 Å². The topological polar surface area (TPSA) is 57.0 Å². The summed E-state index contributed by atoms with van der Waals surface area (Å²) in [7, 11) is 0. The standard InChI is InChI=1S/C26H18F5N3O2/c1-2-15-6-3-4-9-20(28)21(15)23-22(16-10-11-35-14-16)24(36-33-23)19-13-32-34(25(19)26(29,30)31)18-8-5-7-17(27)12-18/h3-8,10-14H,2,9H2,1H3. The summed E-state index contributed by atoms with van der Waals surface area (Å²) >= 11 is 0. The second-order valence-corrected chi connectivity index (χ2v) is 8.00. The molecular weight excluding hydrogens is 481 g/mol. The van der Waals surface area contributed by atoms with Gasteiger partial charge in [-0.1, -0.05) is 36.4 Å². The minimum absolute atomic E-state index is 0.00629. The molecule has 184 valence electrons. The minimum Gasteiger partial charge on any atom is -0.472 e. The van der Waals surface area contributed by atoms with Gasteiger partial charge in [0.25, 0.3) is 0 Å². The number of furan rings is 1. The van der Waals surface area contributed by atoms with Gasteiger partial charge in [0.15, 0.2) is 11.5 Å². The van der Waals surface area contributed by atoms with Gasteiger partial charge in [-0.25, -0.2) is 13.5 Å². The van der Waals surface area contributed by atoms with Crippen molar-refractivity contribution in [3.05, 3.63) is 95.9 Å². The van der Waals surface area contributed by atoms with Crippen LogP contribution in [0.4, 0.5) is 22.0 Å². The number of hydrogen-bond acceptors (Lipinski definition) is 4. The van der Waals surface area contributed by atoms with Crippen molar-refractivity contribution >= 4 is 5.57 Å². The average molecular weight is 499 g/mol. The monoisotopic (exact) mass is 499 g/mol. The maximum Gasteiger partial charge on any atom is 0.434 e. The van der Waals surface area contributed by atoms with E-state index in [0.29, 0.717) is 22.2 Å². The van der Waals surface area contributed by atoms with E-state index in [1.165, 1.54) is 30.7 Å². The quantitative estimate of drug-likeness (QED) is 0.262. The Balaban J connectivity index is 1.78. The number of nitrogens with zero attached hydrogens (tertiary/aromatic N) is 3. The number of benzene rings is 1. The molecule has 0 atom stereocenters. The molecule has 0 unspecified atom stereocenters. The molecule has 1 aliphatic rings. The van der Waals surface area contributed by atoms with Crippen molar-refractivity contribution in [3.8, 4) is 28.1 Å². The molecular formula is C26H18F5N3O2. The third kappa shape index (κ3) is 4.08. The van der Waals surface area contributed by atoms with Crippen LogP contribution >= 0.6 is 0 Å². The van der Waals surface area contributed by atoms with Gasteiger partial charge in [0.2, 0.25) is 0 Å². The summed E-state index contributed by atoms with van der Waals surface area (Å²) < 4.78 is 83.4. The van der Waals surface area contributed by atoms with Gasteiger partial charge in [0.05, 0.1) is 35.5 Å². The van der Waals surface area contributed by atoms with Crippen molar-refractivity contribution in [1.82, 2.24) is 14.9 Å². The smallest absolute Gasteiger partial charge is 0.434 e. The van der Waals surface area contributed by atoms with Gasteiger partial charge >= 0.3 is 6.18 Å². The molecule has 3 heterocycles. The molecule has 0 N–H and O–H groups in total. The Morgan fingerprint density at radius 1 is 1.14 bits per heavy atom. The first-order valence-electron chi connectivity index (χ1n) is 11.0. The number of halogens is 5. The zero-order chi connectivity index (χ0) is 25.4. The Labute approximate surface area is 201 Å². The third-order valence-corrected chi connectivity index (χ3v) is 5.78. The number of allylic oxidation sites excluding steroid dienone is 6. The maximum atomic E-state index is 15.2. The Hall–Kier alpha value is -4.21. The van der Waals surface area contributed by atoms with E-state index in [2.05, 4.69) is 10.3 Å². The molecule has 0 bridgehead atoms. The number of aromatic nitrogens is 3. The lowest BCUT2D eigenvalue weighted by atomic mass is 9.92. The van der Waals surface area contributed by atoms with Crippen LogP contribution in [0.25, 0.3) is 33.7 Å². The lowest BCUT2D eigenvalue weighted by Gasteiger charge is -2.13. The van der Waals surface area contributed by atoms with Gasteiger partial charge in [-0.05, 0) is 36.3 Å². The van der Waals surface area contributed by atoms with Crippen molar-refractivity contribution in [2.24, 2.45) is 0 Å². The fourth-order valence-corrected chi connectivity index (χ4v) is 4.20. The Kier molecular flexibility index (Phi) is 5.95. The van der Waals surface area contributed by atoms with Crippen LogP contribution in [-0.2, 0) is 6.18 Å². The Morgan fingerprint density at radius 2 is 1.97 bits per heavy atom. The van der Waals surface area contributed by atoms with Crippen molar-refractivity contribution in [3.63, 3.8) is 0 Å². The van der Waals surface area contributed by atoms with Crippen LogP contribution in [0.3, 0.4) is 0 Å². The van der Waals surface area contributed by atoms with Crippen LogP contribution in [0.5, 0.6) is 0 Å². The lowest BCUT2D eigenvalue weighted by molar-refractivity contribution is -0.142. The van der Waals surface area contributed by atoms with Crippen LogP contribution in [0.15, 0.2) is 87.6 Å². The van der Waals surface area contributed by atoms with Crippen molar-refractivity contribution in [1.29, 1.82) is 0 Å². The molecule has 36 heavy (non-hydrogen) atoms. The molecule has 0 fully saturated rings. The van der Waals surface area contributed by atoms with Crippen LogP contribution in [-0.4, -0.2) is 14.9 Å². The maximum absolute atomic E-state index is 15.2. The van der Waals surface area contributed by atoms with E-state index in [1.54, 1.807) is 18.2 Å². The normalized spacial score (nSPS) is 14.3. The largest absolute Gasteiger partial charge is 0.472 e. The number of alkyl halides is 3. The fraction of sp³-hybridized carbons (Fsp3) is 0.154. The van der Waals surface area contributed by atoms with Gasteiger partial charge in [-0.2, -0.15) is 18.3 Å². The minimum atomic E-state index is -4.90. The van der Waals surface area contributed by atoms with Gasteiger partial charge < -0.3 is 8.94 Å². The number of rotatable bonds is 5. The highest BCUT2D eigenvalue weighted by Gasteiger charge is 2.41. The molecule has 3 aromatic heterocycles. The summed E-state index contributed by atoms with van der Waals surface area (Å²) in [5.74, 6) is -1.48. The lowest BCUT2D eigenvalue weighted by Crippen LogP contribution is -2.14. The summed E-state index contributed by atoms with van der Waals surface area (Å²) in [5.41, 5.74) is -0.469. The van der Waals surface area contributed by atoms with E-state index in [-0.39, 0.29) is 34.7 Å². The second kappa shape index (κ2) is 9.10. The number of hydrogen-bond donors (Lipinski definition) is 0. The van der Waals surface area contributed by atoms with Crippen LogP contribution in [0.1, 0.15) is 31.2 Å². The third-order valence-electron chi connectivity index (χ3n) is 5.78. The van der Waals surface area contributed by atoms with E-state index in [0.717, 1.165) is 18.3 Å².